The molecule has 1 aliphatic rings. The molecule has 2 amide bonds. The predicted octanol–water partition coefficient (Wildman–Crippen LogP) is 3.50. The highest BCUT2D eigenvalue weighted by Crippen LogP contribution is 2.43. The van der Waals surface area contributed by atoms with E-state index in [1.54, 1.807) is 24.3 Å². The zero-order chi connectivity index (χ0) is 17.0. The molecule has 124 valence electrons. The average Bonchev–Trinajstić information content (AvgIpc) is 2.54. The Bertz CT molecular complexity index is 736. The molecule has 1 saturated carbocycles. The fourth-order valence-corrected chi connectivity index (χ4v) is 3.26. The first-order chi connectivity index (χ1) is 11.6. The van der Waals surface area contributed by atoms with E-state index in [9.17, 15) is 9.59 Å². The number of nitrogens with one attached hydrogen (secondary N) is 2. The Hall–Kier alpha value is -2.62. The maximum Gasteiger partial charge on any atom is 0.251 e. The zero-order valence-corrected chi connectivity index (χ0v) is 13.8. The van der Waals surface area contributed by atoms with Gasteiger partial charge in [0.05, 0.1) is 0 Å². The summed E-state index contributed by atoms with van der Waals surface area (Å²) in [5.41, 5.74) is 2.55. The molecule has 4 nitrogen and oxygen atoms in total. The molecule has 1 fully saturated rings. The summed E-state index contributed by atoms with van der Waals surface area (Å²) in [7, 11) is 0. The Morgan fingerprint density at radius 3 is 2.42 bits per heavy atom. The maximum absolute atomic E-state index is 12.5. The van der Waals surface area contributed by atoms with Crippen LogP contribution in [0.4, 0.5) is 5.69 Å². The second-order valence-electron chi connectivity index (χ2n) is 6.44. The van der Waals surface area contributed by atoms with Crippen LogP contribution in [0.15, 0.2) is 54.6 Å². The SMILES string of the molecule is CC(=O)Nc1cccc(C(=O)NCC2(c3ccccc3)CCC2)c1. The van der Waals surface area contributed by atoms with Crippen molar-refractivity contribution in [3.05, 3.63) is 65.7 Å². The van der Waals surface area contributed by atoms with Crippen LogP contribution in [0.1, 0.15) is 42.1 Å². The van der Waals surface area contributed by atoms with Crippen LogP contribution >= 0.6 is 0 Å². The fourth-order valence-electron chi connectivity index (χ4n) is 3.26. The van der Waals surface area contributed by atoms with E-state index in [2.05, 4.69) is 22.8 Å². The van der Waals surface area contributed by atoms with Gasteiger partial charge in [-0.3, -0.25) is 9.59 Å². The number of hydrogen-bond donors (Lipinski definition) is 2. The van der Waals surface area contributed by atoms with E-state index >= 15 is 0 Å². The Balaban J connectivity index is 1.68. The van der Waals surface area contributed by atoms with Crippen LogP contribution in [0, 0.1) is 0 Å². The molecule has 0 saturated heterocycles. The molecule has 2 aromatic carbocycles. The standard InChI is InChI=1S/C20H22N2O2/c1-15(23)22-18-10-5-7-16(13-18)19(24)21-14-20(11-6-12-20)17-8-3-2-4-9-17/h2-5,7-10,13H,6,11-12,14H2,1H3,(H,21,24)(H,22,23). The molecule has 0 radical (unpaired) electrons. The summed E-state index contributed by atoms with van der Waals surface area (Å²) in [5.74, 6) is -0.255. The van der Waals surface area contributed by atoms with Crippen molar-refractivity contribution in [1.29, 1.82) is 0 Å². The molecular formula is C20H22N2O2. The molecule has 0 spiro atoms. The van der Waals surface area contributed by atoms with Gasteiger partial charge in [-0.1, -0.05) is 42.8 Å². The number of benzene rings is 2. The molecule has 0 atom stereocenters. The van der Waals surface area contributed by atoms with Crippen LogP contribution in [0.25, 0.3) is 0 Å². The summed E-state index contributed by atoms with van der Waals surface area (Å²) >= 11 is 0. The van der Waals surface area contributed by atoms with Gasteiger partial charge in [-0.2, -0.15) is 0 Å². The topological polar surface area (TPSA) is 58.2 Å². The number of carbonyl (C=O) groups excluding carboxylic acids is 2. The minimum Gasteiger partial charge on any atom is -0.351 e. The molecule has 24 heavy (non-hydrogen) atoms. The third-order valence-electron chi connectivity index (χ3n) is 4.73. The van der Waals surface area contributed by atoms with E-state index in [0.29, 0.717) is 17.8 Å². The average molecular weight is 322 g/mol. The second kappa shape index (κ2) is 6.87. The van der Waals surface area contributed by atoms with Crippen molar-refractivity contribution in [3.8, 4) is 0 Å². The first kappa shape index (κ1) is 16.2. The molecule has 1 aliphatic carbocycles. The lowest BCUT2D eigenvalue weighted by molar-refractivity contribution is -0.114. The largest absolute Gasteiger partial charge is 0.351 e. The normalized spacial score (nSPS) is 15.2. The third-order valence-corrected chi connectivity index (χ3v) is 4.73. The molecule has 0 unspecified atom stereocenters. The smallest absolute Gasteiger partial charge is 0.251 e. The van der Waals surface area contributed by atoms with Crippen LogP contribution in [-0.2, 0) is 10.2 Å². The van der Waals surface area contributed by atoms with Crippen LogP contribution < -0.4 is 10.6 Å². The monoisotopic (exact) mass is 322 g/mol. The van der Waals surface area contributed by atoms with E-state index < -0.39 is 0 Å². The third kappa shape index (κ3) is 3.48. The summed E-state index contributed by atoms with van der Waals surface area (Å²) in [6.45, 7) is 2.09. The number of carbonyl (C=O) groups is 2. The van der Waals surface area contributed by atoms with Gasteiger partial charge in [0.25, 0.3) is 5.91 Å². The van der Waals surface area contributed by atoms with E-state index in [-0.39, 0.29) is 17.2 Å². The van der Waals surface area contributed by atoms with Crippen LogP contribution in [-0.4, -0.2) is 18.4 Å². The van der Waals surface area contributed by atoms with Crippen molar-refractivity contribution in [2.24, 2.45) is 0 Å². The lowest BCUT2D eigenvalue weighted by Crippen LogP contribution is -2.45. The van der Waals surface area contributed by atoms with Gasteiger partial charge in [0.1, 0.15) is 0 Å². The van der Waals surface area contributed by atoms with E-state index in [0.717, 1.165) is 12.8 Å². The summed E-state index contributed by atoms with van der Waals surface area (Å²) in [4.78, 5) is 23.6. The molecule has 4 heteroatoms. The molecule has 0 bridgehead atoms. The van der Waals surface area contributed by atoms with Crippen molar-refractivity contribution in [1.82, 2.24) is 5.32 Å². The lowest BCUT2D eigenvalue weighted by Gasteiger charge is -2.42. The fraction of sp³-hybridized carbons (Fsp3) is 0.300. The summed E-state index contributed by atoms with van der Waals surface area (Å²) in [6.07, 6.45) is 3.40. The molecule has 2 aromatic rings. The molecule has 0 aromatic heterocycles. The van der Waals surface area contributed by atoms with Gasteiger partial charge in [-0.25, -0.2) is 0 Å². The minimum absolute atomic E-state index is 0.0617. The van der Waals surface area contributed by atoms with Crippen molar-refractivity contribution in [3.63, 3.8) is 0 Å². The van der Waals surface area contributed by atoms with E-state index in [1.807, 2.05) is 18.2 Å². The lowest BCUT2D eigenvalue weighted by atomic mass is 9.64. The molecule has 0 heterocycles. The molecule has 0 aliphatic heterocycles. The molecular weight excluding hydrogens is 300 g/mol. The number of hydrogen-bond acceptors (Lipinski definition) is 2. The maximum atomic E-state index is 12.5. The Morgan fingerprint density at radius 1 is 1.04 bits per heavy atom. The van der Waals surface area contributed by atoms with E-state index in [4.69, 9.17) is 0 Å². The van der Waals surface area contributed by atoms with Gasteiger partial charge in [0, 0.05) is 30.1 Å². The Morgan fingerprint density at radius 2 is 1.79 bits per heavy atom. The summed E-state index contributed by atoms with van der Waals surface area (Å²) in [6, 6.07) is 17.4. The second-order valence-corrected chi connectivity index (χ2v) is 6.44. The summed E-state index contributed by atoms with van der Waals surface area (Å²) < 4.78 is 0. The van der Waals surface area contributed by atoms with Gasteiger partial charge in [-0.15, -0.1) is 0 Å². The van der Waals surface area contributed by atoms with Gasteiger partial charge < -0.3 is 10.6 Å². The first-order valence-corrected chi connectivity index (χ1v) is 8.30. The highest BCUT2D eigenvalue weighted by Gasteiger charge is 2.38. The zero-order valence-electron chi connectivity index (χ0n) is 13.8. The number of rotatable bonds is 5. The molecule has 2 N–H and O–H groups in total. The van der Waals surface area contributed by atoms with Crippen molar-refractivity contribution >= 4 is 17.5 Å². The van der Waals surface area contributed by atoms with Crippen LogP contribution in [0.5, 0.6) is 0 Å². The highest BCUT2D eigenvalue weighted by atomic mass is 16.2. The van der Waals surface area contributed by atoms with Gasteiger partial charge in [-0.05, 0) is 36.6 Å². The van der Waals surface area contributed by atoms with Gasteiger partial charge in [0.2, 0.25) is 5.91 Å². The summed E-state index contributed by atoms with van der Waals surface area (Å²) in [5, 5.41) is 5.77. The predicted molar refractivity (Wildman–Crippen MR) is 95.0 cm³/mol. The van der Waals surface area contributed by atoms with Crippen molar-refractivity contribution < 1.29 is 9.59 Å². The molecule has 3 rings (SSSR count). The Kier molecular flexibility index (Phi) is 4.65. The quantitative estimate of drug-likeness (QED) is 0.885. The van der Waals surface area contributed by atoms with Crippen molar-refractivity contribution in [2.45, 2.75) is 31.6 Å². The highest BCUT2D eigenvalue weighted by molar-refractivity contribution is 5.96. The van der Waals surface area contributed by atoms with E-state index in [1.165, 1.54) is 18.9 Å². The Labute approximate surface area is 142 Å². The number of anilines is 1. The van der Waals surface area contributed by atoms with Crippen LogP contribution in [0.3, 0.4) is 0 Å². The van der Waals surface area contributed by atoms with Gasteiger partial charge >= 0.3 is 0 Å². The minimum atomic E-state index is -0.148. The van der Waals surface area contributed by atoms with Crippen molar-refractivity contribution in [2.75, 3.05) is 11.9 Å². The first-order valence-electron chi connectivity index (χ1n) is 8.30. The van der Waals surface area contributed by atoms with Gasteiger partial charge in [0.15, 0.2) is 0 Å². The van der Waals surface area contributed by atoms with Crippen LogP contribution in [0.2, 0.25) is 0 Å². The number of amides is 2.